The summed E-state index contributed by atoms with van der Waals surface area (Å²) in [7, 11) is -3.69. The zero-order valence-corrected chi connectivity index (χ0v) is 17.8. The average Bonchev–Trinajstić information content (AvgIpc) is 3.43. The predicted molar refractivity (Wildman–Crippen MR) is 120 cm³/mol. The number of sulfonamides is 1. The van der Waals surface area contributed by atoms with Crippen molar-refractivity contribution in [1.82, 2.24) is 15.0 Å². The molecule has 5 rings (SSSR count). The van der Waals surface area contributed by atoms with Gasteiger partial charge in [-0.2, -0.15) is 0 Å². The third-order valence-electron chi connectivity index (χ3n) is 6.20. The van der Waals surface area contributed by atoms with Crippen LogP contribution >= 0.6 is 0 Å². The molecule has 31 heavy (non-hydrogen) atoms. The Bertz CT molecular complexity index is 1180. The molecule has 1 saturated carbocycles. The number of nitrogens with zero attached hydrogens (tertiary/aromatic N) is 4. The van der Waals surface area contributed by atoms with E-state index in [-0.39, 0.29) is 10.7 Å². The highest BCUT2D eigenvalue weighted by Gasteiger charge is 2.39. The minimum Gasteiger partial charge on any atom is -0.382 e. The van der Waals surface area contributed by atoms with E-state index in [1.54, 1.807) is 48.9 Å². The molecule has 8 nitrogen and oxygen atoms in total. The van der Waals surface area contributed by atoms with E-state index in [2.05, 4.69) is 24.6 Å². The van der Waals surface area contributed by atoms with Crippen LogP contribution in [-0.2, 0) is 10.0 Å². The van der Waals surface area contributed by atoms with Crippen molar-refractivity contribution in [3.8, 4) is 0 Å². The Labute approximate surface area is 181 Å². The number of aromatic nitrogens is 3. The summed E-state index contributed by atoms with van der Waals surface area (Å²) in [5.74, 6) is 1.64. The molecular weight excluding hydrogens is 412 g/mol. The molecule has 0 bridgehead atoms. The summed E-state index contributed by atoms with van der Waals surface area (Å²) in [5, 5.41) is 0. The molecule has 1 unspecified atom stereocenters. The lowest BCUT2D eigenvalue weighted by Crippen LogP contribution is -2.20. The number of hydrogen-bond acceptors (Lipinski definition) is 7. The van der Waals surface area contributed by atoms with Gasteiger partial charge in [0.1, 0.15) is 17.8 Å². The fourth-order valence-corrected chi connectivity index (χ4v) is 5.73. The highest BCUT2D eigenvalue weighted by molar-refractivity contribution is 7.92. The van der Waals surface area contributed by atoms with Gasteiger partial charge in [-0.15, -0.1) is 0 Å². The van der Waals surface area contributed by atoms with Gasteiger partial charge >= 0.3 is 0 Å². The molecule has 1 aliphatic heterocycles. The molecule has 0 saturated heterocycles. The minimum atomic E-state index is -3.69. The number of hydrogen-bond donors (Lipinski definition) is 2. The Balaban J connectivity index is 1.41. The van der Waals surface area contributed by atoms with E-state index in [1.807, 2.05) is 6.07 Å². The van der Waals surface area contributed by atoms with Crippen molar-refractivity contribution >= 4 is 33.0 Å². The SMILES string of the molecule is Nc1ncnc2c1N(c1ccc(NS(=O)(=O)c3ccccc3)nc1)CC2C1CCCC1. The van der Waals surface area contributed by atoms with E-state index in [0.717, 1.165) is 23.6 Å². The predicted octanol–water partition coefficient (Wildman–Crippen LogP) is 3.68. The van der Waals surface area contributed by atoms with Crippen molar-refractivity contribution < 1.29 is 8.42 Å². The van der Waals surface area contributed by atoms with Crippen LogP contribution in [0, 0.1) is 5.92 Å². The molecule has 1 aromatic carbocycles. The Kier molecular flexibility index (Phi) is 4.97. The summed E-state index contributed by atoms with van der Waals surface area (Å²) in [6.45, 7) is 0.777. The molecule has 0 amide bonds. The van der Waals surface area contributed by atoms with Crippen LogP contribution in [0.1, 0.15) is 37.3 Å². The summed E-state index contributed by atoms with van der Waals surface area (Å²) in [5.41, 5.74) is 8.93. The number of anilines is 4. The maximum atomic E-state index is 12.5. The van der Waals surface area contributed by atoms with E-state index >= 15 is 0 Å². The molecule has 0 radical (unpaired) electrons. The van der Waals surface area contributed by atoms with Gasteiger partial charge in [-0.05, 0) is 43.0 Å². The second kappa shape index (κ2) is 7.81. The van der Waals surface area contributed by atoms with Crippen LogP contribution in [0.15, 0.2) is 59.9 Å². The van der Waals surface area contributed by atoms with Gasteiger partial charge in [0.05, 0.1) is 22.5 Å². The van der Waals surface area contributed by atoms with Gasteiger partial charge in [-0.1, -0.05) is 31.0 Å². The molecule has 2 aliphatic rings. The molecule has 2 aromatic heterocycles. The highest BCUT2D eigenvalue weighted by atomic mass is 32.2. The van der Waals surface area contributed by atoms with Gasteiger partial charge in [0.25, 0.3) is 10.0 Å². The van der Waals surface area contributed by atoms with Crippen LogP contribution < -0.4 is 15.4 Å². The lowest BCUT2D eigenvalue weighted by molar-refractivity contribution is 0.447. The Morgan fingerprint density at radius 2 is 1.77 bits per heavy atom. The summed E-state index contributed by atoms with van der Waals surface area (Å²) in [6, 6.07) is 11.7. The van der Waals surface area contributed by atoms with Gasteiger partial charge in [0.15, 0.2) is 5.82 Å². The molecule has 9 heteroatoms. The summed E-state index contributed by atoms with van der Waals surface area (Å²) >= 11 is 0. The first-order valence-corrected chi connectivity index (χ1v) is 11.9. The summed E-state index contributed by atoms with van der Waals surface area (Å²) < 4.78 is 27.6. The molecule has 160 valence electrons. The van der Waals surface area contributed by atoms with Gasteiger partial charge in [-0.25, -0.2) is 23.4 Å². The van der Waals surface area contributed by atoms with Crippen LogP contribution in [-0.4, -0.2) is 29.9 Å². The van der Waals surface area contributed by atoms with Gasteiger partial charge in [-0.3, -0.25) is 4.72 Å². The molecule has 1 aliphatic carbocycles. The van der Waals surface area contributed by atoms with Gasteiger partial charge < -0.3 is 10.6 Å². The largest absolute Gasteiger partial charge is 0.382 e. The lowest BCUT2D eigenvalue weighted by atomic mass is 9.89. The second-order valence-electron chi connectivity index (χ2n) is 8.07. The van der Waals surface area contributed by atoms with Crippen molar-refractivity contribution in [3.63, 3.8) is 0 Å². The number of benzene rings is 1. The first-order valence-electron chi connectivity index (χ1n) is 10.4. The summed E-state index contributed by atoms with van der Waals surface area (Å²) in [4.78, 5) is 15.4. The van der Waals surface area contributed by atoms with E-state index < -0.39 is 10.0 Å². The number of nitrogen functional groups attached to an aromatic ring is 1. The molecule has 0 spiro atoms. The van der Waals surface area contributed by atoms with Crippen molar-refractivity contribution in [2.24, 2.45) is 5.92 Å². The molecule has 3 N–H and O–H groups in total. The van der Waals surface area contributed by atoms with Crippen molar-refractivity contribution in [2.45, 2.75) is 36.5 Å². The number of nitrogens with two attached hydrogens (primary N) is 1. The first-order chi connectivity index (χ1) is 15.0. The van der Waals surface area contributed by atoms with E-state index in [0.29, 0.717) is 17.7 Å². The Morgan fingerprint density at radius 1 is 1.00 bits per heavy atom. The third kappa shape index (κ3) is 3.69. The normalized spacial score (nSPS) is 18.8. The van der Waals surface area contributed by atoms with Crippen LogP contribution in [0.4, 0.5) is 23.0 Å². The van der Waals surface area contributed by atoms with Gasteiger partial charge in [0, 0.05) is 12.5 Å². The maximum absolute atomic E-state index is 12.5. The van der Waals surface area contributed by atoms with Crippen LogP contribution in [0.25, 0.3) is 0 Å². The van der Waals surface area contributed by atoms with Crippen molar-refractivity contribution in [1.29, 1.82) is 0 Å². The smallest absolute Gasteiger partial charge is 0.263 e. The second-order valence-corrected chi connectivity index (χ2v) is 9.76. The third-order valence-corrected chi connectivity index (χ3v) is 7.57. The maximum Gasteiger partial charge on any atom is 0.263 e. The monoisotopic (exact) mass is 436 g/mol. The zero-order valence-electron chi connectivity index (χ0n) is 17.0. The molecule has 3 heterocycles. The molecular formula is C22H24N6O2S. The van der Waals surface area contributed by atoms with Crippen LogP contribution in [0.3, 0.4) is 0 Å². The number of rotatable bonds is 5. The minimum absolute atomic E-state index is 0.193. The number of pyridine rings is 1. The van der Waals surface area contributed by atoms with Gasteiger partial charge in [0.2, 0.25) is 0 Å². The quantitative estimate of drug-likeness (QED) is 0.627. The lowest BCUT2D eigenvalue weighted by Gasteiger charge is -2.22. The molecule has 1 fully saturated rings. The first kappa shape index (κ1) is 19.7. The van der Waals surface area contributed by atoms with Crippen molar-refractivity contribution in [2.75, 3.05) is 21.9 Å². The zero-order chi connectivity index (χ0) is 21.4. The standard InChI is InChI=1S/C22H24N6O2S/c23-22-21-20(25-14-26-22)18(15-6-4-5-7-15)13-28(21)16-10-11-19(24-12-16)27-31(29,30)17-8-2-1-3-9-17/h1-3,8-12,14-15,18H,4-7,13H2,(H,24,27)(H2,23,25,26). The molecule has 1 atom stereocenters. The van der Waals surface area contributed by atoms with Crippen LogP contribution in [0.5, 0.6) is 0 Å². The Morgan fingerprint density at radius 3 is 2.48 bits per heavy atom. The van der Waals surface area contributed by atoms with Crippen molar-refractivity contribution in [3.05, 3.63) is 60.7 Å². The average molecular weight is 437 g/mol. The number of nitrogens with one attached hydrogen (secondary N) is 1. The van der Waals surface area contributed by atoms with Crippen LogP contribution in [0.2, 0.25) is 0 Å². The van der Waals surface area contributed by atoms with E-state index in [9.17, 15) is 8.42 Å². The topological polar surface area (TPSA) is 114 Å². The molecule has 3 aromatic rings. The fraction of sp³-hybridized carbons (Fsp3) is 0.318. The van der Waals surface area contributed by atoms with E-state index in [4.69, 9.17) is 5.73 Å². The highest BCUT2D eigenvalue weighted by Crippen LogP contribution is 2.48. The Hall–Kier alpha value is -3.20. The van der Waals surface area contributed by atoms with E-state index in [1.165, 1.54) is 25.7 Å². The fourth-order valence-electron chi connectivity index (χ4n) is 4.70. The number of fused-ring (bicyclic) bond motifs is 1. The summed E-state index contributed by atoms with van der Waals surface area (Å²) in [6.07, 6.45) is 8.14.